The Morgan fingerprint density at radius 1 is 1.05 bits per heavy atom. The molecule has 4 atom stereocenters. The highest BCUT2D eigenvalue weighted by molar-refractivity contribution is 6.38. The predicted octanol–water partition coefficient (Wildman–Crippen LogP) is 2.90. The van der Waals surface area contributed by atoms with Gasteiger partial charge in [-0.1, -0.05) is 39.8 Å². The molecule has 1 aromatic rings. The summed E-state index contributed by atoms with van der Waals surface area (Å²) in [6, 6.07) is 3.65. The van der Waals surface area contributed by atoms with Crippen LogP contribution in [0.5, 0.6) is 5.75 Å². The summed E-state index contributed by atoms with van der Waals surface area (Å²) in [7, 11) is 0. The summed E-state index contributed by atoms with van der Waals surface area (Å²) >= 11 is 0. The van der Waals surface area contributed by atoms with E-state index in [4.69, 9.17) is 4.74 Å². The van der Waals surface area contributed by atoms with Crippen molar-refractivity contribution >= 4 is 29.4 Å². The summed E-state index contributed by atoms with van der Waals surface area (Å²) in [5, 5.41) is 10.7. The monoisotopic (exact) mass is 610 g/mol. The fourth-order valence-corrected chi connectivity index (χ4v) is 4.85. The van der Waals surface area contributed by atoms with Crippen LogP contribution in [0.2, 0.25) is 0 Å². The fourth-order valence-electron chi connectivity index (χ4n) is 4.85. The van der Waals surface area contributed by atoms with Crippen molar-refractivity contribution in [3.05, 3.63) is 29.8 Å². The van der Waals surface area contributed by atoms with Gasteiger partial charge in [0.25, 0.3) is 5.91 Å². The number of hydrogen-bond acceptors (Lipinski definition) is 6. The topological polar surface area (TPSA) is 143 Å². The molecule has 43 heavy (non-hydrogen) atoms. The Morgan fingerprint density at radius 2 is 1.74 bits per heavy atom. The highest BCUT2D eigenvalue weighted by Crippen LogP contribution is 2.26. The molecule has 10 nitrogen and oxygen atoms in total. The maximum absolute atomic E-state index is 13.5. The minimum Gasteiger partial charge on any atom is -0.484 e. The third-order valence-corrected chi connectivity index (χ3v) is 7.24. The quantitative estimate of drug-likeness (QED) is 0.239. The number of Topliss-reactive ketones (excluding diaryl/α,β-unsaturated/α-hetero) is 1. The van der Waals surface area contributed by atoms with E-state index in [1.807, 2.05) is 20.8 Å². The van der Waals surface area contributed by atoms with Crippen LogP contribution in [0.1, 0.15) is 77.7 Å². The molecule has 2 aliphatic rings. The van der Waals surface area contributed by atoms with Gasteiger partial charge in [0.2, 0.25) is 23.5 Å². The van der Waals surface area contributed by atoms with Crippen LogP contribution < -0.4 is 26.0 Å². The van der Waals surface area contributed by atoms with Crippen LogP contribution in [0.3, 0.4) is 0 Å². The molecule has 1 aliphatic heterocycles. The first-order chi connectivity index (χ1) is 20.0. The number of halogens is 3. The summed E-state index contributed by atoms with van der Waals surface area (Å²) < 4.78 is 42.4. The molecule has 3 rings (SSSR count). The van der Waals surface area contributed by atoms with E-state index in [1.54, 1.807) is 13.0 Å². The van der Waals surface area contributed by atoms with E-state index in [1.165, 1.54) is 18.2 Å². The van der Waals surface area contributed by atoms with E-state index in [2.05, 4.69) is 21.3 Å². The number of rotatable bonds is 14. The molecule has 1 heterocycles. The lowest BCUT2D eigenvalue weighted by atomic mass is 9.87. The summed E-state index contributed by atoms with van der Waals surface area (Å²) in [6.07, 6.45) is -2.41. The van der Waals surface area contributed by atoms with Gasteiger partial charge in [-0.05, 0) is 61.1 Å². The number of carbonyl (C=O) groups excluding carboxylic acids is 5. The number of carbonyl (C=O) groups is 5. The molecule has 1 unspecified atom stereocenters. The van der Waals surface area contributed by atoms with Crippen molar-refractivity contribution in [2.45, 2.75) is 96.4 Å². The molecule has 1 aliphatic carbocycles. The number of alkyl halides is 3. The van der Waals surface area contributed by atoms with Gasteiger partial charge in [0.05, 0.1) is 6.04 Å². The zero-order valence-electron chi connectivity index (χ0n) is 24.9. The van der Waals surface area contributed by atoms with Crippen LogP contribution in [-0.2, 0) is 24.0 Å². The molecule has 0 bridgehead atoms. The Hall–Kier alpha value is -3.64. The highest BCUT2D eigenvalue weighted by atomic mass is 19.4. The van der Waals surface area contributed by atoms with Crippen LogP contribution >= 0.6 is 0 Å². The second-order valence-electron chi connectivity index (χ2n) is 12.7. The van der Waals surface area contributed by atoms with E-state index in [-0.39, 0.29) is 37.0 Å². The molecular weight excluding hydrogens is 569 g/mol. The number of benzene rings is 1. The summed E-state index contributed by atoms with van der Waals surface area (Å²) in [5.41, 5.74) is 0.160. The average molecular weight is 611 g/mol. The first kappa shape index (κ1) is 33.9. The molecule has 0 radical (unpaired) electrons. The lowest BCUT2D eigenvalue weighted by Gasteiger charge is -2.28. The standard InChI is InChI=1S/C30H41F3N4O6/c1-17(18-6-5-7-21(13-18)43-16-30(31,32)33)12-24(38)36-23(15-29(2,3)4)27(41)37-22(14-19-10-11-34-26(19)40)25(39)28(42)35-20-8-9-20/h5-7,13,17,19-20,22-23H,8-12,14-16H2,1-4H3,(H,34,40)(H,35,42)(H,36,38)(H,37,41)/t17-,19-,22?,23-/m0/s1. The Morgan fingerprint density at radius 3 is 2.33 bits per heavy atom. The summed E-state index contributed by atoms with van der Waals surface area (Å²) in [6.45, 7) is 6.35. The molecule has 1 aromatic carbocycles. The van der Waals surface area contributed by atoms with Gasteiger partial charge in [-0.2, -0.15) is 13.2 Å². The highest BCUT2D eigenvalue weighted by Gasteiger charge is 2.37. The Labute approximate surface area is 249 Å². The molecule has 4 N–H and O–H groups in total. The van der Waals surface area contributed by atoms with E-state index in [0.717, 1.165) is 12.8 Å². The van der Waals surface area contributed by atoms with Crippen molar-refractivity contribution < 1.29 is 41.9 Å². The van der Waals surface area contributed by atoms with Crippen LogP contribution in [0.4, 0.5) is 13.2 Å². The molecule has 0 aromatic heterocycles. The van der Waals surface area contributed by atoms with E-state index < -0.39 is 65.6 Å². The predicted molar refractivity (Wildman–Crippen MR) is 151 cm³/mol. The number of ether oxygens (including phenoxy) is 1. The first-order valence-corrected chi connectivity index (χ1v) is 14.5. The van der Waals surface area contributed by atoms with Crippen molar-refractivity contribution in [2.24, 2.45) is 11.3 Å². The Bertz CT molecular complexity index is 1200. The van der Waals surface area contributed by atoms with Gasteiger partial charge in [0.15, 0.2) is 6.61 Å². The van der Waals surface area contributed by atoms with Gasteiger partial charge in [-0.25, -0.2) is 0 Å². The fraction of sp³-hybridized carbons (Fsp3) is 0.633. The zero-order valence-corrected chi connectivity index (χ0v) is 24.9. The molecule has 1 saturated heterocycles. The van der Waals surface area contributed by atoms with Gasteiger partial charge in [-0.15, -0.1) is 0 Å². The van der Waals surface area contributed by atoms with Crippen molar-refractivity contribution in [2.75, 3.05) is 13.2 Å². The van der Waals surface area contributed by atoms with E-state index in [9.17, 15) is 37.1 Å². The molecular formula is C30H41F3N4O6. The Balaban J connectivity index is 1.69. The normalized spacial score (nSPS) is 19.0. The van der Waals surface area contributed by atoms with E-state index in [0.29, 0.717) is 18.5 Å². The zero-order chi connectivity index (χ0) is 31.9. The molecule has 13 heteroatoms. The van der Waals surface area contributed by atoms with Gasteiger partial charge in [-0.3, -0.25) is 24.0 Å². The average Bonchev–Trinajstić information content (AvgIpc) is 3.63. The van der Waals surface area contributed by atoms with Crippen LogP contribution in [0.25, 0.3) is 0 Å². The lowest BCUT2D eigenvalue weighted by Crippen LogP contribution is -2.55. The van der Waals surface area contributed by atoms with Crippen molar-refractivity contribution in [3.63, 3.8) is 0 Å². The van der Waals surface area contributed by atoms with Gasteiger partial charge >= 0.3 is 6.18 Å². The molecule has 2 fully saturated rings. The van der Waals surface area contributed by atoms with Gasteiger partial charge in [0.1, 0.15) is 11.8 Å². The molecule has 238 valence electrons. The second-order valence-corrected chi connectivity index (χ2v) is 12.7. The van der Waals surface area contributed by atoms with Crippen LogP contribution in [0.15, 0.2) is 24.3 Å². The molecule has 4 amide bonds. The minimum atomic E-state index is -4.49. The molecule has 1 saturated carbocycles. The lowest BCUT2D eigenvalue weighted by molar-refractivity contribution is -0.153. The van der Waals surface area contributed by atoms with Gasteiger partial charge in [0, 0.05) is 24.9 Å². The largest absolute Gasteiger partial charge is 0.484 e. The number of ketones is 1. The maximum atomic E-state index is 13.5. The van der Waals surface area contributed by atoms with Gasteiger partial charge < -0.3 is 26.0 Å². The van der Waals surface area contributed by atoms with Crippen LogP contribution in [0, 0.1) is 11.3 Å². The number of nitrogens with one attached hydrogen (secondary N) is 4. The van der Waals surface area contributed by atoms with Crippen molar-refractivity contribution in [1.29, 1.82) is 0 Å². The number of hydrogen-bond donors (Lipinski definition) is 4. The van der Waals surface area contributed by atoms with Crippen molar-refractivity contribution in [3.8, 4) is 5.75 Å². The van der Waals surface area contributed by atoms with Crippen molar-refractivity contribution in [1.82, 2.24) is 21.3 Å². The SMILES string of the molecule is C[C@@H](CC(=O)N[C@@H](CC(C)(C)C)C(=O)NC(C[C@@H]1CCNC1=O)C(=O)C(=O)NC1CC1)c1cccc(OCC(F)(F)F)c1. The third-order valence-electron chi connectivity index (χ3n) is 7.24. The summed E-state index contributed by atoms with van der Waals surface area (Å²) in [5.74, 6) is -4.01. The minimum absolute atomic E-state index is 0.0180. The van der Waals surface area contributed by atoms with E-state index >= 15 is 0 Å². The third kappa shape index (κ3) is 11.5. The maximum Gasteiger partial charge on any atom is 0.422 e. The first-order valence-electron chi connectivity index (χ1n) is 14.5. The summed E-state index contributed by atoms with van der Waals surface area (Å²) in [4.78, 5) is 64.5. The Kier molecular flexibility index (Phi) is 11.2. The van der Waals surface area contributed by atoms with Crippen LogP contribution in [-0.4, -0.2) is 66.9 Å². The molecule has 0 spiro atoms. The smallest absolute Gasteiger partial charge is 0.422 e. The second kappa shape index (κ2) is 14.2. The number of amides is 4.